The van der Waals surface area contributed by atoms with Crippen molar-refractivity contribution >= 4 is 22.3 Å². The van der Waals surface area contributed by atoms with E-state index in [9.17, 15) is 60.7 Å². The molecule has 5 heterocycles. The first-order chi connectivity index (χ1) is 34.4. The second-order valence-electron chi connectivity index (χ2n) is 20.5. The van der Waals surface area contributed by atoms with Crippen molar-refractivity contribution in [2.24, 2.45) is 5.92 Å². The lowest BCUT2D eigenvalue weighted by Crippen LogP contribution is -2.56. The minimum Gasteiger partial charge on any atom is -0.507 e. The molecular weight excluding hydrogens is 969 g/mol. The Kier molecular flexibility index (Phi) is 17.4. The van der Waals surface area contributed by atoms with E-state index in [-0.39, 0.29) is 71.7 Å². The van der Waals surface area contributed by atoms with Crippen molar-refractivity contribution in [3.05, 3.63) is 28.8 Å². The van der Waals surface area contributed by atoms with Gasteiger partial charge in [0, 0.05) is 50.7 Å². The number of fused-ring (bicyclic) bond motifs is 2. The average Bonchev–Trinajstić information content (AvgIpc) is 3.32. The van der Waals surface area contributed by atoms with E-state index < -0.39 is 170 Å². The number of methoxy groups -OCH3 is 1. The monoisotopic (exact) mass is 1040 g/mol. The molecule has 0 spiro atoms. The highest BCUT2D eigenvalue weighted by Crippen LogP contribution is 2.47. The molecule has 2 aromatic carbocycles. The molecule has 23 nitrogen and oxygen atoms in total. The molecule has 23 heteroatoms. The quantitative estimate of drug-likeness (QED) is 0.119. The minimum atomic E-state index is -1.57. The van der Waals surface area contributed by atoms with Crippen molar-refractivity contribution in [1.82, 2.24) is 0 Å². The van der Waals surface area contributed by atoms with Crippen LogP contribution in [-0.2, 0) is 58.6 Å². The Labute approximate surface area is 421 Å². The molecule has 24 atom stereocenters. The third kappa shape index (κ3) is 11.6. The largest absolute Gasteiger partial charge is 0.507 e. The van der Waals surface area contributed by atoms with Gasteiger partial charge < -0.3 is 103 Å². The Hall–Kier alpha value is -3.28. The summed E-state index contributed by atoms with van der Waals surface area (Å²) in [5, 5.41) is 109. The van der Waals surface area contributed by atoms with Crippen LogP contribution in [-0.4, -0.2) is 211 Å². The van der Waals surface area contributed by atoms with Crippen molar-refractivity contribution < 1.29 is 113 Å². The van der Waals surface area contributed by atoms with Crippen molar-refractivity contribution in [3.63, 3.8) is 0 Å². The second kappa shape index (κ2) is 22.7. The van der Waals surface area contributed by atoms with E-state index in [4.69, 9.17) is 52.1 Å². The molecule has 8 rings (SSSR count). The van der Waals surface area contributed by atoms with Gasteiger partial charge in [0.25, 0.3) is 0 Å². The Bertz CT molecular complexity index is 2240. The van der Waals surface area contributed by atoms with E-state index in [0.717, 1.165) is 0 Å². The normalized spacial score (nSPS) is 42.3. The van der Waals surface area contributed by atoms with Gasteiger partial charge in [-0.15, -0.1) is 0 Å². The molecule has 6 aliphatic rings. The lowest BCUT2D eigenvalue weighted by atomic mass is 9.75. The standard InChI is InChI=1S/C50H72O23/c1-17-29(69-35-14-30(44(58)21(5)66-35)70-33-12-27(52)42(56)19(3)64-33)11-25-9-24-10-26(49(63-8)41(55)18(2)51)50(48(62)39(24)47(61)38(25)40(17)54)73-37-16-32(46(60)23(7)68-37)72-36-15-31(45(59)22(6)67-36)71-34-13-28(53)43(57)20(4)65-34/h9,11,18-23,26-28,30-37,42-46,49-54,56-61H,10,12-16H2,1-8H3/t18?,19?,20?,21?,22?,23?,26-,27+,28+,30+,31+,32+,33-,34-,35-,36-,37-,42+,43+,44+,45-,46+,49-,50-/m0/s1. The molecule has 10 N–H and O–H groups in total. The van der Waals surface area contributed by atoms with Crippen molar-refractivity contribution in [1.29, 1.82) is 0 Å². The molecule has 5 aliphatic heterocycles. The molecule has 410 valence electrons. The fourth-order valence-corrected chi connectivity index (χ4v) is 10.9. The fourth-order valence-electron chi connectivity index (χ4n) is 10.9. The number of Topliss-reactive ketones (excluding diaryl/α,β-unsaturated/α-hetero) is 2. The summed E-state index contributed by atoms with van der Waals surface area (Å²) >= 11 is 0. The molecular formula is C50H72O23. The summed E-state index contributed by atoms with van der Waals surface area (Å²) in [4.78, 5) is 28.5. The van der Waals surface area contributed by atoms with Gasteiger partial charge in [0.2, 0.25) is 6.29 Å². The number of aliphatic hydroxyl groups excluding tert-OH is 8. The van der Waals surface area contributed by atoms with Gasteiger partial charge in [-0.05, 0) is 78.0 Å². The van der Waals surface area contributed by atoms with Crippen LogP contribution in [0.15, 0.2) is 12.1 Å². The molecule has 0 bridgehead atoms. The second-order valence-corrected chi connectivity index (χ2v) is 20.5. The maximum absolute atomic E-state index is 14.9. The lowest BCUT2D eigenvalue weighted by molar-refractivity contribution is -0.329. The first-order valence-electron chi connectivity index (χ1n) is 25.1. The molecule has 6 unspecified atom stereocenters. The van der Waals surface area contributed by atoms with Crippen LogP contribution in [0, 0.1) is 12.8 Å². The molecule has 73 heavy (non-hydrogen) atoms. The van der Waals surface area contributed by atoms with Crippen LogP contribution in [0.5, 0.6) is 17.2 Å². The number of carbonyl (C=O) groups is 2. The van der Waals surface area contributed by atoms with E-state index in [1.165, 1.54) is 27.0 Å². The van der Waals surface area contributed by atoms with Crippen molar-refractivity contribution in [2.75, 3.05) is 7.11 Å². The zero-order valence-electron chi connectivity index (χ0n) is 42.0. The average molecular weight is 1040 g/mol. The number of aliphatic hydroxyl groups is 8. The van der Waals surface area contributed by atoms with Gasteiger partial charge in [0.1, 0.15) is 66.1 Å². The highest BCUT2D eigenvalue weighted by Gasteiger charge is 2.50. The maximum Gasteiger partial charge on any atom is 0.202 e. The van der Waals surface area contributed by atoms with Gasteiger partial charge in [-0.2, -0.15) is 0 Å². The summed E-state index contributed by atoms with van der Waals surface area (Å²) in [6.07, 6.45) is -25.0. The highest BCUT2D eigenvalue weighted by molar-refractivity contribution is 6.11. The van der Waals surface area contributed by atoms with Crippen LogP contribution in [0.25, 0.3) is 10.8 Å². The molecule has 0 saturated carbocycles. The fraction of sp³-hybridized carbons (Fsp3) is 0.760. The first-order valence-corrected chi connectivity index (χ1v) is 25.1. The summed E-state index contributed by atoms with van der Waals surface area (Å²) in [5.41, 5.74) is 0.197. The topological polar surface area (TPSA) is 338 Å². The van der Waals surface area contributed by atoms with Crippen LogP contribution in [0.2, 0.25) is 0 Å². The van der Waals surface area contributed by atoms with Gasteiger partial charge in [-0.25, -0.2) is 0 Å². The van der Waals surface area contributed by atoms with Crippen LogP contribution in [0.4, 0.5) is 0 Å². The molecule has 5 saturated heterocycles. The lowest BCUT2D eigenvalue weighted by Gasteiger charge is -2.45. The maximum atomic E-state index is 14.9. The van der Waals surface area contributed by atoms with E-state index >= 15 is 0 Å². The number of aromatic hydroxyl groups is 2. The molecule has 0 aromatic heterocycles. The molecule has 5 fully saturated rings. The Morgan fingerprint density at radius 3 is 1.49 bits per heavy atom. The van der Waals surface area contributed by atoms with Gasteiger partial charge in [0.15, 0.2) is 36.7 Å². The first kappa shape index (κ1) is 55.9. The van der Waals surface area contributed by atoms with E-state index in [0.29, 0.717) is 0 Å². The molecule has 1 aliphatic carbocycles. The number of hydrogen-bond acceptors (Lipinski definition) is 23. The summed E-state index contributed by atoms with van der Waals surface area (Å²) < 4.78 is 66.3. The van der Waals surface area contributed by atoms with Crippen molar-refractivity contribution in [2.45, 2.75) is 228 Å². The van der Waals surface area contributed by atoms with Gasteiger partial charge in [-0.3, -0.25) is 9.59 Å². The van der Waals surface area contributed by atoms with Gasteiger partial charge in [0.05, 0.1) is 72.0 Å². The summed E-state index contributed by atoms with van der Waals surface area (Å²) in [6.45, 7) is 10.8. The molecule has 0 radical (unpaired) electrons. The minimum absolute atomic E-state index is 0.0169. The number of rotatable bonds is 14. The number of phenolic OH excluding ortho intramolecular Hbond substituents is 2. The Morgan fingerprint density at radius 1 is 0.616 bits per heavy atom. The van der Waals surface area contributed by atoms with Crippen molar-refractivity contribution in [3.8, 4) is 17.2 Å². The van der Waals surface area contributed by atoms with Crippen LogP contribution in [0.3, 0.4) is 0 Å². The smallest absolute Gasteiger partial charge is 0.202 e. The SMILES string of the molecule is CO[C@H](C(=O)C(C)O)[C@@H]1Cc2cc3cc(O[C@H]4C[C@@H](O[C@H]5C[C@@H](O)[C@H](O)C(C)O5)[C@H](O)C(C)O4)c(C)c(O)c3c(O)c2C(=O)[C@H]1O[C@H]1C[C@@H](O[C@H]2C[C@@H](O[C@H]3C[C@@H](O)[C@H](O)C(C)O3)[C@@H](O)C(C)O2)[C@H](O)C(C)O1. The predicted molar refractivity (Wildman–Crippen MR) is 248 cm³/mol. The number of hydrogen-bond donors (Lipinski definition) is 10. The number of ketones is 2. The van der Waals surface area contributed by atoms with E-state index in [1.54, 1.807) is 40.7 Å². The summed E-state index contributed by atoms with van der Waals surface area (Å²) in [7, 11) is 1.24. The Morgan fingerprint density at radius 2 is 1.04 bits per heavy atom. The predicted octanol–water partition coefficient (Wildman–Crippen LogP) is -0.000280. The van der Waals surface area contributed by atoms with E-state index in [2.05, 4.69) is 0 Å². The number of benzene rings is 2. The third-order valence-electron chi connectivity index (χ3n) is 15.2. The zero-order chi connectivity index (χ0) is 53.1. The van der Waals surface area contributed by atoms with Crippen LogP contribution < -0.4 is 4.74 Å². The molecule has 2 aromatic rings. The number of phenols is 2. The van der Waals surface area contributed by atoms with Gasteiger partial charge in [-0.1, -0.05) is 0 Å². The zero-order valence-corrected chi connectivity index (χ0v) is 42.0. The van der Waals surface area contributed by atoms with Crippen LogP contribution >= 0.6 is 0 Å². The molecule has 0 amide bonds. The highest BCUT2D eigenvalue weighted by atomic mass is 16.7. The van der Waals surface area contributed by atoms with Crippen LogP contribution in [0.1, 0.15) is 95.1 Å². The summed E-state index contributed by atoms with van der Waals surface area (Å²) in [6, 6.07) is 3.09. The number of carbonyl (C=O) groups excluding carboxylic acids is 2. The Balaban J connectivity index is 1.03. The van der Waals surface area contributed by atoms with Gasteiger partial charge >= 0.3 is 0 Å². The van der Waals surface area contributed by atoms with E-state index in [1.807, 2.05) is 0 Å². The summed E-state index contributed by atoms with van der Waals surface area (Å²) in [5.74, 6) is -3.57. The third-order valence-corrected chi connectivity index (χ3v) is 15.2. The number of ether oxygens (including phenoxy) is 11.